The largest absolute Gasteiger partial charge is 0.459 e. The van der Waals surface area contributed by atoms with E-state index in [1.54, 1.807) is 41.5 Å². The van der Waals surface area contributed by atoms with Gasteiger partial charge in [0.25, 0.3) is 0 Å². The van der Waals surface area contributed by atoms with Crippen LogP contribution in [-0.4, -0.2) is 47.8 Å². The quantitative estimate of drug-likeness (QED) is 0.778. The van der Waals surface area contributed by atoms with Crippen LogP contribution in [0, 0.1) is 5.41 Å². The number of nitrogens with two attached hydrogens (primary N) is 1. The van der Waals surface area contributed by atoms with Crippen LogP contribution in [-0.2, 0) is 14.3 Å². The monoisotopic (exact) mass is 286 g/mol. The minimum absolute atomic E-state index is 0.154. The Hall–Kier alpha value is -1.30. The molecular weight excluding hydrogens is 260 g/mol. The van der Waals surface area contributed by atoms with Gasteiger partial charge in [0.2, 0.25) is 0 Å². The average molecular weight is 286 g/mol. The summed E-state index contributed by atoms with van der Waals surface area (Å²) in [6.07, 6.45) is -0.426. The molecule has 0 saturated carbocycles. The molecule has 6 nitrogen and oxygen atoms in total. The van der Waals surface area contributed by atoms with Crippen LogP contribution in [0.5, 0.6) is 0 Å². The van der Waals surface area contributed by atoms with Crippen molar-refractivity contribution in [2.24, 2.45) is 11.1 Å². The predicted octanol–water partition coefficient (Wildman–Crippen LogP) is 1.52. The maximum Gasteiger partial charge on any atom is 0.410 e. The van der Waals surface area contributed by atoms with Gasteiger partial charge in [-0.2, -0.15) is 0 Å². The third kappa shape index (κ3) is 4.10. The number of esters is 1. The number of carbonyl (C=O) groups excluding carboxylic acids is 2. The summed E-state index contributed by atoms with van der Waals surface area (Å²) in [6, 6.07) is 0. The summed E-state index contributed by atoms with van der Waals surface area (Å²) in [4.78, 5) is 25.5. The molecule has 0 atom stereocenters. The second-order valence-electron chi connectivity index (χ2n) is 7.32. The van der Waals surface area contributed by atoms with Gasteiger partial charge in [0.05, 0.1) is 0 Å². The highest BCUT2D eigenvalue weighted by atomic mass is 16.6. The molecule has 1 aliphatic rings. The molecule has 1 amide bonds. The van der Waals surface area contributed by atoms with Crippen LogP contribution >= 0.6 is 0 Å². The van der Waals surface area contributed by atoms with E-state index < -0.39 is 22.7 Å². The fourth-order valence-corrected chi connectivity index (χ4v) is 1.87. The Kier molecular flexibility index (Phi) is 4.39. The van der Waals surface area contributed by atoms with Crippen molar-refractivity contribution in [3.05, 3.63) is 0 Å². The molecule has 1 fully saturated rings. The molecule has 116 valence electrons. The molecule has 0 unspecified atom stereocenters. The molecule has 20 heavy (non-hydrogen) atoms. The normalized spacial score (nSPS) is 18.2. The zero-order valence-corrected chi connectivity index (χ0v) is 13.3. The number of rotatable bonds is 2. The zero-order valence-electron chi connectivity index (χ0n) is 13.3. The summed E-state index contributed by atoms with van der Waals surface area (Å²) in [6.45, 7) is 11.5. The molecule has 0 aliphatic carbocycles. The molecule has 0 spiro atoms. The highest BCUT2D eigenvalue weighted by molar-refractivity contribution is 5.82. The number of hydrogen-bond donors (Lipinski definition) is 1. The first kappa shape index (κ1) is 16.8. The summed E-state index contributed by atoms with van der Waals surface area (Å²) < 4.78 is 10.6. The van der Waals surface area contributed by atoms with Crippen molar-refractivity contribution in [3.8, 4) is 0 Å². The molecule has 1 aliphatic heterocycles. The third-order valence-electron chi connectivity index (χ3n) is 2.86. The van der Waals surface area contributed by atoms with Gasteiger partial charge in [0.15, 0.2) is 0 Å². The zero-order chi connectivity index (χ0) is 15.8. The van der Waals surface area contributed by atoms with Gasteiger partial charge in [-0.3, -0.25) is 4.79 Å². The summed E-state index contributed by atoms with van der Waals surface area (Å²) in [5.41, 5.74) is 3.78. The Morgan fingerprint density at radius 1 is 1.05 bits per heavy atom. The maximum atomic E-state index is 12.2. The van der Waals surface area contributed by atoms with Gasteiger partial charge in [-0.1, -0.05) is 0 Å². The maximum absolute atomic E-state index is 12.2. The molecule has 1 heterocycles. The van der Waals surface area contributed by atoms with Gasteiger partial charge >= 0.3 is 12.1 Å². The van der Waals surface area contributed by atoms with Crippen molar-refractivity contribution in [1.82, 2.24) is 4.90 Å². The Morgan fingerprint density at radius 2 is 1.50 bits per heavy atom. The molecule has 0 aromatic heterocycles. The third-order valence-corrected chi connectivity index (χ3v) is 2.86. The first-order valence-corrected chi connectivity index (χ1v) is 6.80. The lowest BCUT2D eigenvalue weighted by atomic mass is 9.80. The summed E-state index contributed by atoms with van der Waals surface area (Å²) in [7, 11) is 0. The minimum Gasteiger partial charge on any atom is -0.459 e. The predicted molar refractivity (Wildman–Crippen MR) is 75.1 cm³/mol. The second-order valence-corrected chi connectivity index (χ2v) is 7.32. The minimum atomic E-state index is -0.801. The SMILES string of the molecule is CC(C)(C)OC(=O)N1CC(CN)(C(=O)OC(C)(C)C)C1. The lowest BCUT2D eigenvalue weighted by molar-refractivity contribution is -0.176. The van der Waals surface area contributed by atoms with Crippen LogP contribution in [0.1, 0.15) is 41.5 Å². The van der Waals surface area contributed by atoms with Crippen LogP contribution in [0.2, 0.25) is 0 Å². The lowest BCUT2D eigenvalue weighted by Crippen LogP contribution is -2.66. The Balaban J connectivity index is 2.62. The van der Waals surface area contributed by atoms with Gasteiger partial charge in [0.1, 0.15) is 16.6 Å². The fourth-order valence-electron chi connectivity index (χ4n) is 1.87. The summed E-state index contributed by atoms with van der Waals surface area (Å²) >= 11 is 0. The van der Waals surface area contributed by atoms with Crippen molar-refractivity contribution in [3.63, 3.8) is 0 Å². The van der Waals surface area contributed by atoms with Crippen molar-refractivity contribution in [1.29, 1.82) is 0 Å². The Morgan fingerprint density at radius 3 is 1.85 bits per heavy atom. The molecule has 0 aromatic rings. The number of amides is 1. The van der Waals surface area contributed by atoms with Crippen LogP contribution in [0.3, 0.4) is 0 Å². The first-order valence-electron chi connectivity index (χ1n) is 6.80. The number of carbonyl (C=O) groups is 2. The molecule has 0 radical (unpaired) electrons. The number of hydrogen-bond acceptors (Lipinski definition) is 5. The van der Waals surface area contributed by atoms with E-state index in [1.807, 2.05) is 0 Å². The number of ether oxygens (including phenoxy) is 2. The van der Waals surface area contributed by atoms with E-state index in [0.717, 1.165) is 0 Å². The van der Waals surface area contributed by atoms with E-state index in [4.69, 9.17) is 15.2 Å². The molecule has 1 saturated heterocycles. The van der Waals surface area contributed by atoms with E-state index in [9.17, 15) is 9.59 Å². The highest BCUT2D eigenvalue weighted by Crippen LogP contribution is 2.33. The van der Waals surface area contributed by atoms with Crippen LogP contribution in [0.4, 0.5) is 4.79 Å². The molecule has 6 heteroatoms. The van der Waals surface area contributed by atoms with E-state index in [1.165, 1.54) is 4.90 Å². The topological polar surface area (TPSA) is 81.9 Å². The van der Waals surface area contributed by atoms with Crippen molar-refractivity contribution in [2.75, 3.05) is 19.6 Å². The second kappa shape index (κ2) is 5.24. The van der Waals surface area contributed by atoms with Crippen molar-refractivity contribution >= 4 is 12.1 Å². The van der Waals surface area contributed by atoms with Gasteiger partial charge < -0.3 is 20.1 Å². The smallest absolute Gasteiger partial charge is 0.410 e. The van der Waals surface area contributed by atoms with E-state index in [2.05, 4.69) is 0 Å². The van der Waals surface area contributed by atoms with Crippen molar-refractivity contribution in [2.45, 2.75) is 52.7 Å². The van der Waals surface area contributed by atoms with E-state index >= 15 is 0 Å². The molecule has 1 rings (SSSR count). The Bertz CT molecular complexity index is 387. The molecule has 2 N–H and O–H groups in total. The summed E-state index contributed by atoms with van der Waals surface area (Å²) in [5.74, 6) is -0.354. The lowest BCUT2D eigenvalue weighted by Gasteiger charge is -2.47. The number of nitrogens with zero attached hydrogens (tertiary/aromatic N) is 1. The van der Waals surface area contributed by atoms with Crippen LogP contribution < -0.4 is 5.73 Å². The van der Waals surface area contributed by atoms with E-state index in [-0.39, 0.29) is 25.6 Å². The van der Waals surface area contributed by atoms with Gasteiger partial charge in [0, 0.05) is 19.6 Å². The van der Waals surface area contributed by atoms with Gasteiger partial charge in [-0.05, 0) is 41.5 Å². The van der Waals surface area contributed by atoms with Gasteiger partial charge in [-0.15, -0.1) is 0 Å². The average Bonchev–Trinajstić information content (AvgIpc) is 2.10. The summed E-state index contributed by atoms with van der Waals surface area (Å²) in [5, 5.41) is 0. The van der Waals surface area contributed by atoms with Crippen LogP contribution in [0.15, 0.2) is 0 Å². The van der Waals surface area contributed by atoms with Crippen LogP contribution in [0.25, 0.3) is 0 Å². The van der Waals surface area contributed by atoms with E-state index in [0.29, 0.717) is 0 Å². The van der Waals surface area contributed by atoms with Gasteiger partial charge in [-0.25, -0.2) is 4.79 Å². The number of likely N-dealkylation sites (tertiary alicyclic amines) is 1. The highest BCUT2D eigenvalue weighted by Gasteiger charge is 2.53. The van der Waals surface area contributed by atoms with Crippen molar-refractivity contribution < 1.29 is 19.1 Å². The first-order chi connectivity index (χ1) is 8.88. The molecule has 0 aromatic carbocycles. The fraction of sp³-hybridized carbons (Fsp3) is 0.857. The Labute approximate surface area is 120 Å². The molecular formula is C14H26N2O4. The molecule has 0 bridgehead atoms. The standard InChI is InChI=1S/C14H26N2O4/c1-12(2,3)19-10(17)14(7-15)8-16(9-14)11(18)20-13(4,5)6/h7-9,15H2,1-6H3.